The van der Waals surface area contributed by atoms with Crippen LogP contribution in [-0.4, -0.2) is 24.4 Å². The van der Waals surface area contributed by atoms with Crippen LogP contribution in [0.2, 0.25) is 0 Å². The first-order valence-electron chi connectivity index (χ1n) is 4.09. The van der Waals surface area contributed by atoms with Crippen LogP contribution < -0.4 is 0 Å². The molecule has 3 nitrogen and oxygen atoms in total. The number of ether oxygens (including phenoxy) is 2. The second kappa shape index (κ2) is 4.83. The SMILES string of the molecule is CC(O)CCOC1=CC=CCO1. The number of rotatable bonds is 4. The fourth-order valence-corrected chi connectivity index (χ4v) is 0.800. The van der Waals surface area contributed by atoms with Crippen LogP contribution in [0.5, 0.6) is 0 Å². The summed E-state index contributed by atoms with van der Waals surface area (Å²) in [5, 5.41) is 8.93. The van der Waals surface area contributed by atoms with Crippen LogP contribution in [0.25, 0.3) is 0 Å². The maximum Gasteiger partial charge on any atom is 0.279 e. The molecule has 12 heavy (non-hydrogen) atoms. The van der Waals surface area contributed by atoms with Crippen LogP contribution in [0, 0.1) is 0 Å². The smallest absolute Gasteiger partial charge is 0.279 e. The normalized spacial score (nSPS) is 18.0. The van der Waals surface area contributed by atoms with Crippen molar-refractivity contribution in [3.05, 3.63) is 24.2 Å². The van der Waals surface area contributed by atoms with Gasteiger partial charge in [0.25, 0.3) is 5.95 Å². The van der Waals surface area contributed by atoms with E-state index in [-0.39, 0.29) is 6.10 Å². The van der Waals surface area contributed by atoms with Crippen LogP contribution in [0.4, 0.5) is 0 Å². The van der Waals surface area contributed by atoms with Crippen LogP contribution in [0.1, 0.15) is 13.3 Å². The molecule has 0 aromatic rings. The van der Waals surface area contributed by atoms with Crippen molar-refractivity contribution in [2.45, 2.75) is 19.4 Å². The molecule has 0 fully saturated rings. The molecule has 0 saturated carbocycles. The molecule has 0 radical (unpaired) electrons. The molecule has 0 aromatic carbocycles. The summed E-state index contributed by atoms with van der Waals surface area (Å²) in [6.07, 6.45) is 5.88. The summed E-state index contributed by atoms with van der Waals surface area (Å²) in [7, 11) is 0. The fraction of sp³-hybridized carbons (Fsp3) is 0.556. The predicted octanol–water partition coefficient (Wildman–Crippen LogP) is 1.20. The summed E-state index contributed by atoms with van der Waals surface area (Å²) in [6.45, 7) is 2.80. The van der Waals surface area contributed by atoms with E-state index < -0.39 is 0 Å². The topological polar surface area (TPSA) is 38.7 Å². The maximum atomic E-state index is 8.93. The van der Waals surface area contributed by atoms with E-state index in [9.17, 15) is 0 Å². The summed E-state index contributed by atoms with van der Waals surface area (Å²) >= 11 is 0. The quantitative estimate of drug-likeness (QED) is 0.689. The molecule has 1 atom stereocenters. The Morgan fingerprint density at radius 1 is 1.75 bits per heavy atom. The van der Waals surface area contributed by atoms with Gasteiger partial charge in [0.1, 0.15) is 6.61 Å². The van der Waals surface area contributed by atoms with E-state index in [1.165, 1.54) is 0 Å². The minimum Gasteiger partial charge on any atom is -0.465 e. The molecule has 0 aromatic heterocycles. The molecule has 1 unspecified atom stereocenters. The molecule has 1 aliphatic heterocycles. The summed E-state index contributed by atoms with van der Waals surface area (Å²) in [4.78, 5) is 0. The molecule has 0 saturated heterocycles. The maximum absolute atomic E-state index is 8.93. The molecule has 3 heteroatoms. The van der Waals surface area contributed by atoms with Crippen molar-refractivity contribution in [1.82, 2.24) is 0 Å². The molecule has 68 valence electrons. The summed E-state index contributed by atoms with van der Waals surface area (Å²) < 4.78 is 10.4. The van der Waals surface area contributed by atoms with Gasteiger partial charge in [-0.25, -0.2) is 0 Å². The molecule has 1 aliphatic rings. The van der Waals surface area contributed by atoms with Gasteiger partial charge in [0.15, 0.2) is 0 Å². The van der Waals surface area contributed by atoms with E-state index in [2.05, 4.69) is 0 Å². The number of aliphatic hydroxyl groups is 1. The van der Waals surface area contributed by atoms with Gasteiger partial charge in [0, 0.05) is 12.5 Å². The van der Waals surface area contributed by atoms with Crippen molar-refractivity contribution in [3.63, 3.8) is 0 Å². The Balaban J connectivity index is 2.14. The Kier molecular flexibility index (Phi) is 3.67. The first-order chi connectivity index (χ1) is 5.79. The van der Waals surface area contributed by atoms with Gasteiger partial charge in [-0.3, -0.25) is 0 Å². The van der Waals surface area contributed by atoms with E-state index in [1.54, 1.807) is 13.0 Å². The van der Waals surface area contributed by atoms with Gasteiger partial charge in [-0.2, -0.15) is 0 Å². The highest BCUT2D eigenvalue weighted by molar-refractivity contribution is 5.07. The van der Waals surface area contributed by atoms with Gasteiger partial charge < -0.3 is 14.6 Å². The molecule has 0 bridgehead atoms. The van der Waals surface area contributed by atoms with Crippen molar-refractivity contribution in [1.29, 1.82) is 0 Å². The van der Waals surface area contributed by atoms with Gasteiger partial charge in [-0.05, 0) is 13.0 Å². The molecule has 1 rings (SSSR count). The van der Waals surface area contributed by atoms with Crippen molar-refractivity contribution < 1.29 is 14.6 Å². The Hall–Kier alpha value is -0.960. The lowest BCUT2D eigenvalue weighted by atomic mass is 10.3. The lowest BCUT2D eigenvalue weighted by Crippen LogP contribution is -2.07. The van der Waals surface area contributed by atoms with Gasteiger partial charge in [0.05, 0.1) is 12.7 Å². The van der Waals surface area contributed by atoms with E-state index in [0.29, 0.717) is 25.6 Å². The van der Waals surface area contributed by atoms with Crippen LogP contribution in [0.3, 0.4) is 0 Å². The minimum absolute atomic E-state index is 0.315. The third kappa shape index (κ3) is 3.44. The zero-order valence-electron chi connectivity index (χ0n) is 7.19. The van der Waals surface area contributed by atoms with Gasteiger partial charge in [0.2, 0.25) is 0 Å². The molecular formula is C9H14O3. The Morgan fingerprint density at radius 2 is 2.58 bits per heavy atom. The average Bonchev–Trinajstić information content (AvgIpc) is 2.05. The standard InChI is InChI=1S/C9H14O3/c1-8(10)5-7-12-9-4-2-3-6-11-9/h2-4,8,10H,5-7H2,1H3. The van der Waals surface area contributed by atoms with Crippen LogP contribution in [-0.2, 0) is 9.47 Å². The molecule has 0 spiro atoms. The number of hydrogen-bond donors (Lipinski definition) is 1. The van der Waals surface area contributed by atoms with E-state index in [1.807, 2.05) is 12.2 Å². The van der Waals surface area contributed by atoms with Crippen molar-refractivity contribution in [2.75, 3.05) is 13.2 Å². The molecule has 0 aliphatic carbocycles. The number of allylic oxidation sites excluding steroid dienone is 2. The largest absolute Gasteiger partial charge is 0.465 e. The van der Waals surface area contributed by atoms with Crippen LogP contribution in [0.15, 0.2) is 24.2 Å². The van der Waals surface area contributed by atoms with Crippen LogP contribution >= 0.6 is 0 Å². The lowest BCUT2D eigenvalue weighted by molar-refractivity contribution is 0.0307. The zero-order chi connectivity index (χ0) is 8.81. The first kappa shape index (κ1) is 9.13. The second-order valence-electron chi connectivity index (χ2n) is 2.71. The van der Waals surface area contributed by atoms with E-state index in [4.69, 9.17) is 14.6 Å². The van der Waals surface area contributed by atoms with Gasteiger partial charge in [-0.15, -0.1) is 0 Å². The highest BCUT2D eigenvalue weighted by Gasteiger charge is 2.01. The first-order valence-corrected chi connectivity index (χ1v) is 4.09. The third-order valence-electron chi connectivity index (χ3n) is 1.47. The van der Waals surface area contributed by atoms with E-state index in [0.717, 1.165) is 0 Å². The predicted molar refractivity (Wildman–Crippen MR) is 45.4 cm³/mol. The lowest BCUT2D eigenvalue weighted by Gasteiger charge is -2.12. The Labute approximate surface area is 72.3 Å². The molecule has 1 heterocycles. The highest BCUT2D eigenvalue weighted by Crippen LogP contribution is 2.06. The Bertz CT molecular complexity index is 182. The third-order valence-corrected chi connectivity index (χ3v) is 1.47. The summed E-state index contributed by atoms with van der Waals surface area (Å²) in [5.74, 6) is 0.540. The molecule has 0 amide bonds. The highest BCUT2D eigenvalue weighted by atomic mass is 16.7. The average molecular weight is 170 g/mol. The fourth-order valence-electron chi connectivity index (χ4n) is 0.800. The summed E-state index contributed by atoms with van der Waals surface area (Å²) in [5.41, 5.74) is 0. The van der Waals surface area contributed by atoms with Gasteiger partial charge in [-0.1, -0.05) is 6.08 Å². The number of aliphatic hydroxyl groups excluding tert-OH is 1. The summed E-state index contributed by atoms with van der Waals surface area (Å²) in [6, 6.07) is 0. The Morgan fingerprint density at radius 3 is 3.17 bits per heavy atom. The van der Waals surface area contributed by atoms with Crippen molar-refractivity contribution in [3.8, 4) is 0 Å². The van der Waals surface area contributed by atoms with Crippen molar-refractivity contribution >= 4 is 0 Å². The van der Waals surface area contributed by atoms with Gasteiger partial charge >= 0.3 is 0 Å². The minimum atomic E-state index is -0.315. The molecular weight excluding hydrogens is 156 g/mol. The van der Waals surface area contributed by atoms with E-state index >= 15 is 0 Å². The zero-order valence-corrected chi connectivity index (χ0v) is 7.19. The second-order valence-corrected chi connectivity index (χ2v) is 2.71. The molecule has 1 N–H and O–H groups in total. The monoisotopic (exact) mass is 170 g/mol. The van der Waals surface area contributed by atoms with Crippen molar-refractivity contribution in [2.24, 2.45) is 0 Å². The number of hydrogen-bond acceptors (Lipinski definition) is 3.